The molecule has 0 bridgehead atoms. The summed E-state index contributed by atoms with van der Waals surface area (Å²) in [5.74, 6) is 1.70. The minimum Gasteiger partial charge on any atom is -0.379 e. The molecular formula is C16H22N4O. The zero-order valence-corrected chi connectivity index (χ0v) is 12.4. The van der Waals surface area contributed by atoms with Crippen LogP contribution in [0, 0.1) is 17.2 Å². The summed E-state index contributed by atoms with van der Waals surface area (Å²) < 4.78 is 5.41. The van der Waals surface area contributed by atoms with Crippen LogP contribution in [0.5, 0.6) is 0 Å². The number of pyridine rings is 1. The van der Waals surface area contributed by atoms with Gasteiger partial charge in [0, 0.05) is 38.9 Å². The van der Waals surface area contributed by atoms with Gasteiger partial charge in [-0.2, -0.15) is 5.26 Å². The summed E-state index contributed by atoms with van der Waals surface area (Å²) >= 11 is 0. The van der Waals surface area contributed by atoms with Crippen molar-refractivity contribution in [2.24, 2.45) is 5.92 Å². The third-order valence-corrected chi connectivity index (χ3v) is 4.34. The second-order valence-electron chi connectivity index (χ2n) is 5.88. The Morgan fingerprint density at radius 2 is 2.14 bits per heavy atom. The standard InChI is InChI=1S/C16H22N4O/c17-10-14-3-4-16(18-11-14)20-5-1-2-15(13-20)12-19-6-8-21-9-7-19/h3-4,11,15H,1-2,5-9,12-13H2. The predicted octanol–water partition coefficient (Wildman–Crippen LogP) is 1.50. The van der Waals surface area contributed by atoms with Crippen LogP contribution in [0.25, 0.3) is 0 Å². The summed E-state index contributed by atoms with van der Waals surface area (Å²) in [6.45, 7) is 7.16. The third-order valence-electron chi connectivity index (χ3n) is 4.34. The highest BCUT2D eigenvalue weighted by molar-refractivity contribution is 5.42. The molecule has 1 unspecified atom stereocenters. The first kappa shape index (κ1) is 14.3. The molecule has 3 heterocycles. The van der Waals surface area contributed by atoms with Gasteiger partial charge in [-0.05, 0) is 30.9 Å². The molecule has 0 spiro atoms. The van der Waals surface area contributed by atoms with Gasteiger partial charge < -0.3 is 9.64 Å². The lowest BCUT2D eigenvalue weighted by molar-refractivity contribution is 0.0296. The quantitative estimate of drug-likeness (QED) is 0.843. The summed E-state index contributed by atoms with van der Waals surface area (Å²) in [6.07, 6.45) is 4.18. The second kappa shape index (κ2) is 6.88. The van der Waals surface area contributed by atoms with E-state index in [9.17, 15) is 0 Å². The zero-order chi connectivity index (χ0) is 14.5. The Kier molecular flexibility index (Phi) is 4.69. The van der Waals surface area contributed by atoms with E-state index in [4.69, 9.17) is 10.00 Å². The summed E-state index contributed by atoms with van der Waals surface area (Å²) in [6, 6.07) is 5.94. The maximum Gasteiger partial charge on any atom is 0.128 e. The number of nitriles is 1. The molecule has 0 amide bonds. The largest absolute Gasteiger partial charge is 0.379 e. The monoisotopic (exact) mass is 286 g/mol. The van der Waals surface area contributed by atoms with E-state index in [0.29, 0.717) is 11.5 Å². The Balaban J connectivity index is 1.58. The molecule has 1 aromatic rings. The van der Waals surface area contributed by atoms with Gasteiger partial charge in [0.2, 0.25) is 0 Å². The maximum atomic E-state index is 8.84. The number of rotatable bonds is 3. The Morgan fingerprint density at radius 3 is 2.86 bits per heavy atom. The second-order valence-corrected chi connectivity index (χ2v) is 5.88. The lowest BCUT2D eigenvalue weighted by Crippen LogP contribution is -2.44. The van der Waals surface area contributed by atoms with Crippen molar-refractivity contribution in [1.29, 1.82) is 5.26 Å². The Labute approximate surface area is 126 Å². The van der Waals surface area contributed by atoms with Crippen molar-refractivity contribution >= 4 is 5.82 Å². The molecule has 1 aromatic heterocycles. The third kappa shape index (κ3) is 3.72. The van der Waals surface area contributed by atoms with Crippen LogP contribution in [0.15, 0.2) is 18.3 Å². The first-order valence-corrected chi connectivity index (χ1v) is 7.76. The average molecular weight is 286 g/mol. The van der Waals surface area contributed by atoms with Crippen molar-refractivity contribution in [1.82, 2.24) is 9.88 Å². The Hall–Kier alpha value is -1.64. The Bertz CT molecular complexity index is 490. The van der Waals surface area contributed by atoms with Gasteiger partial charge >= 0.3 is 0 Å². The summed E-state index contributed by atoms with van der Waals surface area (Å²) in [4.78, 5) is 9.30. The van der Waals surface area contributed by atoms with Crippen LogP contribution in [0.2, 0.25) is 0 Å². The van der Waals surface area contributed by atoms with Gasteiger partial charge in [0.25, 0.3) is 0 Å². The number of ether oxygens (including phenoxy) is 1. The van der Waals surface area contributed by atoms with E-state index in [1.54, 1.807) is 6.20 Å². The topological polar surface area (TPSA) is 52.4 Å². The molecule has 2 aliphatic heterocycles. The fourth-order valence-electron chi connectivity index (χ4n) is 3.21. The van der Waals surface area contributed by atoms with E-state index in [0.717, 1.165) is 51.8 Å². The molecule has 0 radical (unpaired) electrons. The number of hydrogen-bond donors (Lipinski definition) is 0. The van der Waals surface area contributed by atoms with Gasteiger partial charge in [-0.1, -0.05) is 0 Å². The van der Waals surface area contributed by atoms with Crippen molar-refractivity contribution < 1.29 is 4.74 Å². The van der Waals surface area contributed by atoms with E-state index < -0.39 is 0 Å². The summed E-state index contributed by atoms with van der Waals surface area (Å²) in [5, 5.41) is 8.84. The number of anilines is 1. The number of morpholine rings is 1. The Morgan fingerprint density at radius 1 is 1.29 bits per heavy atom. The molecule has 0 aliphatic carbocycles. The molecule has 1 atom stereocenters. The van der Waals surface area contributed by atoms with Gasteiger partial charge in [-0.25, -0.2) is 4.98 Å². The normalized spacial score (nSPS) is 23.8. The molecule has 0 N–H and O–H groups in total. The van der Waals surface area contributed by atoms with Crippen molar-refractivity contribution in [2.75, 3.05) is 50.8 Å². The van der Waals surface area contributed by atoms with E-state index in [2.05, 4.69) is 20.9 Å². The first-order valence-electron chi connectivity index (χ1n) is 7.76. The highest BCUT2D eigenvalue weighted by Gasteiger charge is 2.23. The number of nitrogens with zero attached hydrogens (tertiary/aromatic N) is 4. The average Bonchev–Trinajstić information content (AvgIpc) is 2.56. The molecule has 2 saturated heterocycles. The summed E-state index contributed by atoms with van der Waals surface area (Å²) in [5.41, 5.74) is 0.626. The van der Waals surface area contributed by atoms with Gasteiger partial charge in [0.1, 0.15) is 11.9 Å². The SMILES string of the molecule is N#Cc1ccc(N2CCCC(CN3CCOCC3)C2)nc1. The van der Waals surface area contributed by atoms with Crippen LogP contribution in [-0.2, 0) is 4.74 Å². The van der Waals surface area contributed by atoms with Crippen LogP contribution in [0.1, 0.15) is 18.4 Å². The summed E-state index contributed by atoms with van der Waals surface area (Å²) in [7, 11) is 0. The molecule has 0 saturated carbocycles. The number of hydrogen-bond acceptors (Lipinski definition) is 5. The van der Waals surface area contributed by atoms with Crippen LogP contribution < -0.4 is 4.90 Å². The van der Waals surface area contributed by atoms with Crippen LogP contribution in [0.4, 0.5) is 5.82 Å². The molecule has 112 valence electrons. The molecule has 21 heavy (non-hydrogen) atoms. The molecular weight excluding hydrogens is 264 g/mol. The van der Waals surface area contributed by atoms with Gasteiger partial charge in [0.15, 0.2) is 0 Å². The highest BCUT2D eigenvalue weighted by Crippen LogP contribution is 2.22. The fraction of sp³-hybridized carbons (Fsp3) is 0.625. The molecule has 2 fully saturated rings. The van der Waals surface area contributed by atoms with E-state index >= 15 is 0 Å². The molecule has 5 nitrogen and oxygen atoms in total. The molecule has 0 aromatic carbocycles. The van der Waals surface area contributed by atoms with Crippen molar-refractivity contribution in [3.63, 3.8) is 0 Å². The predicted molar refractivity (Wildman–Crippen MR) is 81.1 cm³/mol. The van der Waals surface area contributed by atoms with Gasteiger partial charge in [-0.15, -0.1) is 0 Å². The molecule has 3 rings (SSSR count). The van der Waals surface area contributed by atoms with Gasteiger partial charge in [-0.3, -0.25) is 4.90 Å². The van der Waals surface area contributed by atoms with E-state index in [1.165, 1.54) is 12.8 Å². The minimum absolute atomic E-state index is 0.626. The van der Waals surface area contributed by atoms with Crippen molar-refractivity contribution in [3.8, 4) is 6.07 Å². The molecule has 5 heteroatoms. The van der Waals surface area contributed by atoms with Crippen LogP contribution in [-0.4, -0.2) is 55.8 Å². The number of aromatic nitrogens is 1. The minimum atomic E-state index is 0.626. The van der Waals surface area contributed by atoms with E-state index in [-0.39, 0.29) is 0 Å². The maximum absolute atomic E-state index is 8.84. The lowest BCUT2D eigenvalue weighted by atomic mass is 9.97. The van der Waals surface area contributed by atoms with Crippen LogP contribution in [0.3, 0.4) is 0 Å². The lowest BCUT2D eigenvalue weighted by Gasteiger charge is -2.37. The van der Waals surface area contributed by atoms with Crippen molar-refractivity contribution in [3.05, 3.63) is 23.9 Å². The first-order chi connectivity index (χ1) is 10.3. The van der Waals surface area contributed by atoms with Gasteiger partial charge in [0.05, 0.1) is 18.8 Å². The highest BCUT2D eigenvalue weighted by atomic mass is 16.5. The smallest absolute Gasteiger partial charge is 0.128 e. The zero-order valence-electron chi connectivity index (χ0n) is 12.4. The fourth-order valence-corrected chi connectivity index (χ4v) is 3.21. The van der Waals surface area contributed by atoms with E-state index in [1.807, 2.05) is 12.1 Å². The molecule has 2 aliphatic rings. The van der Waals surface area contributed by atoms with Crippen molar-refractivity contribution in [2.45, 2.75) is 12.8 Å². The van der Waals surface area contributed by atoms with Crippen LogP contribution >= 0.6 is 0 Å². The number of piperidine rings is 1.